The fraction of sp³-hybridized carbons (Fsp3) is 0.550. The molecule has 27 heavy (non-hydrogen) atoms. The van der Waals surface area contributed by atoms with Gasteiger partial charge in [0.1, 0.15) is 5.82 Å². The summed E-state index contributed by atoms with van der Waals surface area (Å²) in [6.07, 6.45) is 8.02. The van der Waals surface area contributed by atoms with Gasteiger partial charge in [-0.3, -0.25) is 9.48 Å². The van der Waals surface area contributed by atoms with Gasteiger partial charge in [0, 0.05) is 58.6 Å². The highest BCUT2D eigenvalue weighted by atomic mass is 16.2. The minimum Gasteiger partial charge on any atom is -0.381 e. The fourth-order valence-electron chi connectivity index (χ4n) is 3.50. The molecule has 0 saturated carbocycles. The van der Waals surface area contributed by atoms with Crippen LogP contribution in [-0.2, 0) is 18.3 Å². The van der Waals surface area contributed by atoms with Gasteiger partial charge in [0.25, 0.3) is 0 Å². The van der Waals surface area contributed by atoms with Crippen LogP contribution in [0.2, 0.25) is 0 Å². The second-order valence-electron chi connectivity index (χ2n) is 7.40. The largest absolute Gasteiger partial charge is 0.381 e. The van der Waals surface area contributed by atoms with Gasteiger partial charge >= 0.3 is 0 Å². The highest BCUT2D eigenvalue weighted by molar-refractivity contribution is 5.76. The number of rotatable bonds is 6. The molecule has 1 N–H and O–H groups in total. The molecule has 1 atom stereocenters. The van der Waals surface area contributed by atoms with Crippen molar-refractivity contribution in [1.29, 1.82) is 0 Å². The first-order chi connectivity index (χ1) is 13.0. The Morgan fingerprint density at radius 2 is 2.11 bits per heavy atom. The van der Waals surface area contributed by atoms with Gasteiger partial charge < -0.3 is 15.1 Å². The number of nitrogens with zero attached hydrogens (tertiary/aromatic N) is 5. The third-order valence-corrected chi connectivity index (χ3v) is 5.18. The molecule has 0 radical (unpaired) electrons. The SMILES string of the molecule is CN(C)c1ccc(N[C@@H]2CCCN(C(=O)CCc3ccnn3C)CC2)cn1. The van der Waals surface area contributed by atoms with E-state index in [1.54, 1.807) is 6.20 Å². The van der Waals surface area contributed by atoms with E-state index in [0.29, 0.717) is 12.5 Å². The maximum atomic E-state index is 12.6. The van der Waals surface area contributed by atoms with E-state index in [2.05, 4.69) is 21.5 Å². The summed E-state index contributed by atoms with van der Waals surface area (Å²) in [6.45, 7) is 1.66. The molecule has 3 rings (SSSR count). The Morgan fingerprint density at radius 3 is 2.78 bits per heavy atom. The number of amides is 1. The lowest BCUT2D eigenvalue weighted by Crippen LogP contribution is -2.33. The number of aromatic nitrogens is 3. The molecule has 1 aliphatic heterocycles. The Labute approximate surface area is 161 Å². The van der Waals surface area contributed by atoms with Crippen molar-refractivity contribution in [3.05, 3.63) is 36.3 Å². The summed E-state index contributed by atoms with van der Waals surface area (Å²) in [4.78, 5) is 21.1. The van der Waals surface area contributed by atoms with Crippen molar-refractivity contribution in [2.45, 2.75) is 38.1 Å². The summed E-state index contributed by atoms with van der Waals surface area (Å²) < 4.78 is 1.84. The quantitative estimate of drug-likeness (QED) is 0.845. The molecule has 1 amide bonds. The topological polar surface area (TPSA) is 66.3 Å². The molecule has 3 heterocycles. The molecule has 7 nitrogen and oxygen atoms in total. The van der Waals surface area contributed by atoms with Crippen LogP contribution in [0.25, 0.3) is 0 Å². The number of nitrogens with one attached hydrogen (secondary N) is 1. The molecule has 0 aromatic carbocycles. The standard InChI is InChI=1S/C20H30N6O/c1-24(2)19-8-6-17(15-21-19)23-16-5-4-13-26(14-11-16)20(27)9-7-18-10-12-22-25(18)3/h6,8,10,12,15-16,23H,4-5,7,9,11,13-14H2,1-3H3/t16-/m1/s1. The van der Waals surface area contributed by atoms with Gasteiger partial charge in [-0.15, -0.1) is 0 Å². The van der Waals surface area contributed by atoms with E-state index in [1.165, 1.54) is 0 Å². The van der Waals surface area contributed by atoms with Crippen LogP contribution in [0, 0.1) is 0 Å². The molecular weight excluding hydrogens is 340 g/mol. The number of likely N-dealkylation sites (tertiary alicyclic amines) is 1. The summed E-state index contributed by atoms with van der Waals surface area (Å²) in [7, 11) is 5.89. The first-order valence-corrected chi connectivity index (χ1v) is 9.67. The zero-order chi connectivity index (χ0) is 19.2. The number of hydrogen-bond acceptors (Lipinski definition) is 5. The summed E-state index contributed by atoms with van der Waals surface area (Å²) in [5.74, 6) is 1.19. The van der Waals surface area contributed by atoms with Crippen molar-refractivity contribution in [2.24, 2.45) is 7.05 Å². The van der Waals surface area contributed by atoms with E-state index in [4.69, 9.17) is 0 Å². The van der Waals surface area contributed by atoms with E-state index in [0.717, 1.165) is 56.0 Å². The highest BCUT2D eigenvalue weighted by Gasteiger charge is 2.20. The molecule has 146 valence electrons. The van der Waals surface area contributed by atoms with Crippen LogP contribution in [0.5, 0.6) is 0 Å². The van der Waals surface area contributed by atoms with Gasteiger partial charge in [-0.2, -0.15) is 5.10 Å². The Morgan fingerprint density at radius 1 is 1.26 bits per heavy atom. The van der Waals surface area contributed by atoms with Gasteiger partial charge in [0.15, 0.2) is 0 Å². The van der Waals surface area contributed by atoms with Gasteiger partial charge in [0.2, 0.25) is 5.91 Å². The lowest BCUT2D eigenvalue weighted by molar-refractivity contribution is -0.131. The third kappa shape index (κ3) is 5.21. The summed E-state index contributed by atoms with van der Waals surface area (Å²) in [5, 5.41) is 7.74. The maximum Gasteiger partial charge on any atom is 0.222 e. The van der Waals surface area contributed by atoms with Crippen molar-refractivity contribution in [3.63, 3.8) is 0 Å². The van der Waals surface area contributed by atoms with Crippen LogP contribution in [0.1, 0.15) is 31.4 Å². The average Bonchev–Trinajstić information content (AvgIpc) is 2.92. The van der Waals surface area contributed by atoms with Crippen molar-refractivity contribution >= 4 is 17.4 Å². The maximum absolute atomic E-state index is 12.6. The van der Waals surface area contributed by atoms with Crippen molar-refractivity contribution in [3.8, 4) is 0 Å². The van der Waals surface area contributed by atoms with Crippen molar-refractivity contribution in [2.75, 3.05) is 37.4 Å². The molecule has 2 aromatic rings. The lowest BCUT2D eigenvalue weighted by Gasteiger charge is -2.21. The van der Waals surface area contributed by atoms with Crippen LogP contribution in [0.15, 0.2) is 30.6 Å². The van der Waals surface area contributed by atoms with Gasteiger partial charge in [-0.25, -0.2) is 4.98 Å². The van der Waals surface area contributed by atoms with E-state index in [-0.39, 0.29) is 5.91 Å². The second-order valence-corrected chi connectivity index (χ2v) is 7.40. The monoisotopic (exact) mass is 370 g/mol. The Balaban J connectivity index is 1.48. The van der Waals surface area contributed by atoms with Crippen LogP contribution in [0.4, 0.5) is 11.5 Å². The predicted molar refractivity (Wildman–Crippen MR) is 108 cm³/mol. The Bertz CT molecular complexity index is 739. The minimum atomic E-state index is 0.244. The molecule has 1 saturated heterocycles. The predicted octanol–water partition coefficient (Wildman–Crippen LogP) is 2.31. The highest BCUT2D eigenvalue weighted by Crippen LogP contribution is 2.19. The first kappa shape index (κ1) is 19.2. The number of hydrogen-bond donors (Lipinski definition) is 1. The molecular formula is C20H30N6O. The fourth-order valence-corrected chi connectivity index (χ4v) is 3.50. The molecule has 7 heteroatoms. The number of pyridine rings is 1. The van der Waals surface area contributed by atoms with Gasteiger partial charge in [-0.1, -0.05) is 0 Å². The Hall–Kier alpha value is -2.57. The van der Waals surface area contributed by atoms with Crippen molar-refractivity contribution < 1.29 is 4.79 Å². The van der Waals surface area contributed by atoms with E-state index in [1.807, 2.05) is 54.0 Å². The third-order valence-electron chi connectivity index (χ3n) is 5.18. The number of aryl methyl sites for hydroxylation is 2. The van der Waals surface area contributed by atoms with Crippen LogP contribution in [0.3, 0.4) is 0 Å². The summed E-state index contributed by atoms with van der Waals surface area (Å²) >= 11 is 0. The van der Waals surface area contributed by atoms with Gasteiger partial charge in [-0.05, 0) is 43.9 Å². The first-order valence-electron chi connectivity index (χ1n) is 9.67. The molecule has 1 fully saturated rings. The zero-order valence-corrected chi connectivity index (χ0v) is 16.6. The van der Waals surface area contributed by atoms with Crippen LogP contribution < -0.4 is 10.2 Å². The lowest BCUT2D eigenvalue weighted by atomic mass is 10.1. The molecule has 0 spiro atoms. The molecule has 0 bridgehead atoms. The van der Waals surface area contributed by atoms with Gasteiger partial charge in [0.05, 0.1) is 11.9 Å². The zero-order valence-electron chi connectivity index (χ0n) is 16.6. The molecule has 0 unspecified atom stereocenters. The normalized spacial score (nSPS) is 17.4. The van der Waals surface area contributed by atoms with Crippen molar-refractivity contribution in [1.82, 2.24) is 19.7 Å². The average molecular weight is 371 g/mol. The smallest absolute Gasteiger partial charge is 0.222 e. The second kappa shape index (κ2) is 8.88. The molecule has 1 aliphatic rings. The number of carbonyl (C=O) groups excluding carboxylic acids is 1. The number of carbonyl (C=O) groups is 1. The van der Waals surface area contributed by atoms with Crippen LogP contribution in [-0.4, -0.2) is 58.8 Å². The van der Waals surface area contributed by atoms with E-state index < -0.39 is 0 Å². The number of anilines is 2. The minimum absolute atomic E-state index is 0.244. The summed E-state index contributed by atoms with van der Waals surface area (Å²) in [6, 6.07) is 6.45. The van der Waals surface area contributed by atoms with Crippen LogP contribution >= 0.6 is 0 Å². The van der Waals surface area contributed by atoms with E-state index in [9.17, 15) is 4.79 Å². The summed E-state index contributed by atoms with van der Waals surface area (Å²) in [5.41, 5.74) is 2.15. The van der Waals surface area contributed by atoms with E-state index >= 15 is 0 Å². The Kier molecular flexibility index (Phi) is 6.32. The molecule has 0 aliphatic carbocycles. The molecule has 2 aromatic heterocycles.